The second kappa shape index (κ2) is 13.2. The van der Waals surface area contributed by atoms with Crippen LogP contribution in [0.4, 0.5) is 0 Å². The van der Waals surface area contributed by atoms with Crippen molar-refractivity contribution < 1.29 is 23.8 Å². The number of epoxide rings is 1. The Morgan fingerprint density at radius 3 is 1.94 bits per heavy atom. The van der Waals surface area contributed by atoms with Crippen molar-refractivity contribution in [2.45, 2.75) is 13.0 Å². The summed E-state index contributed by atoms with van der Waals surface area (Å²) in [4.78, 5) is 20.4. The average molecular weight is 256 g/mol. The summed E-state index contributed by atoms with van der Waals surface area (Å²) in [5.74, 6) is -0.743. The van der Waals surface area contributed by atoms with Gasteiger partial charge < -0.3 is 14.2 Å². The van der Waals surface area contributed by atoms with Crippen molar-refractivity contribution in [1.82, 2.24) is 0 Å². The van der Waals surface area contributed by atoms with Crippen LogP contribution in [0.15, 0.2) is 38.5 Å². The van der Waals surface area contributed by atoms with Crippen molar-refractivity contribution in [3.8, 4) is 0 Å². The van der Waals surface area contributed by atoms with E-state index in [9.17, 15) is 9.59 Å². The van der Waals surface area contributed by atoms with Crippen LogP contribution in [-0.4, -0.2) is 37.9 Å². The number of esters is 2. The molecule has 18 heavy (non-hydrogen) atoms. The molecule has 0 radical (unpaired) electrons. The standard InChI is InChI=1S/C6H8O3.C5H8O2.C2H4/c1-2-6(7)9-4-5-3-8-5;1-3-5(6)7-4-2;1-2/h2,5H,1,3-4H2;3H,1,4H2,2H3;1-2H2. The van der Waals surface area contributed by atoms with Gasteiger partial charge in [0.15, 0.2) is 0 Å². The topological polar surface area (TPSA) is 65.1 Å². The molecule has 0 spiro atoms. The van der Waals surface area contributed by atoms with Crippen LogP contribution in [0, 0.1) is 0 Å². The molecule has 0 aromatic carbocycles. The Labute approximate surface area is 108 Å². The third-order valence-corrected chi connectivity index (χ3v) is 1.43. The Morgan fingerprint density at radius 2 is 1.67 bits per heavy atom. The summed E-state index contributed by atoms with van der Waals surface area (Å²) in [6, 6.07) is 0. The first-order valence-corrected chi connectivity index (χ1v) is 5.34. The zero-order chi connectivity index (χ0) is 14.4. The highest BCUT2D eigenvalue weighted by atomic mass is 16.6. The first-order valence-electron chi connectivity index (χ1n) is 5.34. The van der Waals surface area contributed by atoms with Gasteiger partial charge in [-0.1, -0.05) is 13.2 Å². The second-order valence-corrected chi connectivity index (χ2v) is 2.75. The molecule has 102 valence electrons. The molecule has 1 fully saturated rings. The largest absolute Gasteiger partial charge is 0.463 e. The lowest BCUT2D eigenvalue weighted by Crippen LogP contribution is -2.06. The predicted molar refractivity (Wildman–Crippen MR) is 69.0 cm³/mol. The molecule has 1 unspecified atom stereocenters. The van der Waals surface area contributed by atoms with E-state index in [1.54, 1.807) is 6.92 Å². The van der Waals surface area contributed by atoms with E-state index >= 15 is 0 Å². The molecule has 0 saturated carbocycles. The van der Waals surface area contributed by atoms with Crippen LogP contribution in [-0.2, 0) is 23.8 Å². The Bertz CT molecular complexity index is 269. The molecular weight excluding hydrogens is 236 g/mol. The van der Waals surface area contributed by atoms with Gasteiger partial charge in [-0.25, -0.2) is 9.59 Å². The highest BCUT2D eigenvalue weighted by Gasteiger charge is 2.23. The first kappa shape index (κ1) is 18.5. The van der Waals surface area contributed by atoms with E-state index in [0.29, 0.717) is 19.8 Å². The Hall–Kier alpha value is -1.88. The van der Waals surface area contributed by atoms with E-state index < -0.39 is 0 Å². The third kappa shape index (κ3) is 14.1. The molecule has 1 aliphatic rings. The normalized spacial score (nSPS) is 14.6. The smallest absolute Gasteiger partial charge is 0.330 e. The lowest BCUT2D eigenvalue weighted by Gasteiger charge is -1.94. The van der Waals surface area contributed by atoms with Gasteiger partial charge in [-0.3, -0.25) is 0 Å². The average Bonchev–Trinajstić information content (AvgIpc) is 3.23. The summed E-state index contributed by atoms with van der Waals surface area (Å²) in [7, 11) is 0. The van der Waals surface area contributed by atoms with Crippen LogP contribution >= 0.6 is 0 Å². The third-order valence-electron chi connectivity index (χ3n) is 1.43. The molecule has 5 nitrogen and oxygen atoms in total. The van der Waals surface area contributed by atoms with Gasteiger partial charge in [0, 0.05) is 12.2 Å². The van der Waals surface area contributed by atoms with Crippen molar-refractivity contribution in [3.05, 3.63) is 38.5 Å². The summed E-state index contributed by atoms with van der Waals surface area (Å²) in [6.07, 6.45) is 2.43. The van der Waals surface area contributed by atoms with Gasteiger partial charge in [0.05, 0.1) is 13.2 Å². The molecule has 0 aliphatic carbocycles. The fourth-order valence-electron chi connectivity index (χ4n) is 0.599. The van der Waals surface area contributed by atoms with Crippen molar-refractivity contribution in [3.63, 3.8) is 0 Å². The number of ether oxygens (including phenoxy) is 3. The Balaban J connectivity index is 0. The molecule has 5 heteroatoms. The van der Waals surface area contributed by atoms with Crippen molar-refractivity contribution >= 4 is 11.9 Å². The van der Waals surface area contributed by atoms with Crippen LogP contribution in [0.1, 0.15) is 6.92 Å². The first-order chi connectivity index (χ1) is 8.63. The van der Waals surface area contributed by atoms with E-state index in [-0.39, 0.29) is 18.0 Å². The van der Waals surface area contributed by atoms with Gasteiger partial charge in [0.2, 0.25) is 0 Å². The van der Waals surface area contributed by atoms with Crippen molar-refractivity contribution in [2.75, 3.05) is 19.8 Å². The van der Waals surface area contributed by atoms with Crippen LogP contribution in [0.3, 0.4) is 0 Å². The minimum atomic E-state index is -0.384. The minimum absolute atomic E-state index is 0.147. The molecule has 0 N–H and O–H groups in total. The number of carbonyl (C=O) groups excluding carboxylic acids is 2. The summed E-state index contributed by atoms with van der Waals surface area (Å²) in [5, 5.41) is 0. The van der Waals surface area contributed by atoms with Crippen LogP contribution in [0.2, 0.25) is 0 Å². The molecule has 0 aromatic heterocycles. The zero-order valence-electron chi connectivity index (χ0n) is 10.7. The molecule has 1 saturated heterocycles. The number of hydrogen-bond donors (Lipinski definition) is 0. The van der Waals surface area contributed by atoms with E-state index in [4.69, 9.17) is 4.74 Å². The van der Waals surface area contributed by atoms with Gasteiger partial charge in [0.25, 0.3) is 0 Å². The maximum Gasteiger partial charge on any atom is 0.330 e. The molecule has 1 heterocycles. The van der Waals surface area contributed by atoms with Gasteiger partial charge in [0.1, 0.15) is 12.7 Å². The summed E-state index contributed by atoms with van der Waals surface area (Å²) in [5.41, 5.74) is 0. The molecule has 0 amide bonds. The van der Waals surface area contributed by atoms with Crippen molar-refractivity contribution in [2.24, 2.45) is 0 Å². The molecule has 0 bridgehead atoms. The monoisotopic (exact) mass is 256 g/mol. The number of rotatable bonds is 5. The molecular formula is C13H20O5. The summed E-state index contributed by atoms with van der Waals surface area (Å²) < 4.78 is 13.9. The van der Waals surface area contributed by atoms with Crippen LogP contribution in [0.25, 0.3) is 0 Å². The summed E-state index contributed by atoms with van der Waals surface area (Å²) in [6.45, 7) is 15.7. The summed E-state index contributed by atoms with van der Waals surface area (Å²) >= 11 is 0. The van der Waals surface area contributed by atoms with E-state index in [1.165, 1.54) is 0 Å². The fraction of sp³-hybridized carbons (Fsp3) is 0.385. The molecule has 1 aliphatic heterocycles. The number of hydrogen-bond acceptors (Lipinski definition) is 5. The Morgan fingerprint density at radius 1 is 1.22 bits per heavy atom. The molecule has 1 atom stereocenters. The van der Waals surface area contributed by atoms with E-state index in [1.807, 2.05) is 0 Å². The second-order valence-electron chi connectivity index (χ2n) is 2.75. The lowest BCUT2D eigenvalue weighted by molar-refractivity contribution is -0.138. The lowest BCUT2D eigenvalue weighted by atomic mass is 10.5. The highest BCUT2D eigenvalue weighted by molar-refractivity contribution is 5.81. The predicted octanol–water partition coefficient (Wildman–Crippen LogP) is 1.65. The van der Waals surface area contributed by atoms with E-state index in [2.05, 4.69) is 35.8 Å². The molecule has 1 rings (SSSR count). The highest BCUT2D eigenvalue weighted by Crippen LogP contribution is 2.08. The van der Waals surface area contributed by atoms with Gasteiger partial charge in [-0.2, -0.15) is 0 Å². The minimum Gasteiger partial charge on any atom is -0.463 e. The maximum absolute atomic E-state index is 10.3. The molecule has 0 aromatic rings. The van der Waals surface area contributed by atoms with Crippen molar-refractivity contribution in [1.29, 1.82) is 0 Å². The zero-order valence-corrected chi connectivity index (χ0v) is 10.7. The Kier molecular flexibility index (Phi) is 13.5. The SMILES string of the molecule is C=C.C=CC(=O)OCC.C=CC(=O)OCC1CO1. The van der Waals surface area contributed by atoms with Gasteiger partial charge in [-0.15, -0.1) is 13.2 Å². The van der Waals surface area contributed by atoms with Gasteiger partial charge >= 0.3 is 11.9 Å². The number of carbonyl (C=O) groups is 2. The van der Waals surface area contributed by atoms with Gasteiger partial charge in [-0.05, 0) is 6.92 Å². The van der Waals surface area contributed by atoms with Crippen LogP contribution < -0.4 is 0 Å². The maximum atomic E-state index is 10.3. The quantitative estimate of drug-likeness (QED) is 0.324. The van der Waals surface area contributed by atoms with E-state index in [0.717, 1.165) is 12.2 Å². The fourth-order valence-corrected chi connectivity index (χ4v) is 0.599. The van der Waals surface area contributed by atoms with Crippen LogP contribution in [0.5, 0.6) is 0 Å².